The van der Waals surface area contributed by atoms with E-state index in [0.717, 1.165) is 12.0 Å². The number of hydrogen-bond acceptors (Lipinski definition) is 2. The lowest BCUT2D eigenvalue weighted by Crippen LogP contribution is -2.40. The minimum atomic E-state index is -0.196. The van der Waals surface area contributed by atoms with Crippen LogP contribution in [0.25, 0.3) is 0 Å². The Hall–Kier alpha value is -1.06. The molecule has 0 heterocycles. The van der Waals surface area contributed by atoms with Gasteiger partial charge in [-0.1, -0.05) is 37.6 Å². The number of halogens is 1. The Balaban J connectivity index is 2.76. The van der Waals surface area contributed by atoms with Crippen LogP contribution in [-0.2, 0) is 4.79 Å². The average molecular weight is 269 g/mol. The molecule has 0 aromatic heterocycles. The Morgan fingerprint density at radius 3 is 2.61 bits per heavy atom. The Bertz CT molecular complexity index is 407. The third-order valence-corrected chi connectivity index (χ3v) is 3.41. The number of nitrogens with one attached hydrogen (secondary N) is 1. The van der Waals surface area contributed by atoms with Gasteiger partial charge in [0.1, 0.15) is 0 Å². The van der Waals surface area contributed by atoms with E-state index in [1.54, 1.807) is 0 Å². The first kappa shape index (κ1) is 15.0. The van der Waals surface area contributed by atoms with Crippen molar-refractivity contribution in [2.24, 2.45) is 11.7 Å². The number of benzene rings is 1. The van der Waals surface area contributed by atoms with Crippen LogP contribution in [0.15, 0.2) is 24.3 Å². The zero-order chi connectivity index (χ0) is 13.7. The van der Waals surface area contributed by atoms with E-state index < -0.39 is 0 Å². The smallest absolute Gasteiger partial charge is 0.224 e. The van der Waals surface area contributed by atoms with Crippen molar-refractivity contribution in [3.05, 3.63) is 34.9 Å². The first-order valence-electron chi connectivity index (χ1n) is 6.27. The monoisotopic (exact) mass is 268 g/mol. The number of nitrogens with two attached hydrogens (primary N) is 1. The van der Waals surface area contributed by atoms with E-state index in [0.29, 0.717) is 5.02 Å². The molecule has 1 rings (SSSR count). The van der Waals surface area contributed by atoms with Crippen LogP contribution < -0.4 is 11.1 Å². The fourth-order valence-corrected chi connectivity index (χ4v) is 1.89. The molecular formula is C14H21ClN2O. The molecule has 3 atom stereocenters. The van der Waals surface area contributed by atoms with E-state index in [-0.39, 0.29) is 23.9 Å². The Morgan fingerprint density at radius 1 is 1.44 bits per heavy atom. The summed E-state index contributed by atoms with van der Waals surface area (Å²) < 4.78 is 0. The number of hydrogen-bond donors (Lipinski definition) is 2. The molecule has 3 unspecified atom stereocenters. The minimum absolute atomic E-state index is 0.0163. The van der Waals surface area contributed by atoms with Gasteiger partial charge in [-0.2, -0.15) is 0 Å². The van der Waals surface area contributed by atoms with Crippen molar-refractivity contribution in [1.82, 2.24) is 5.32 Å². The Labute approximate surface area is 114 Å². The summed E-state index contributed by atoms with van der Waals surface area (Å²) in [7, 11) is 0. The van der Waals surface area contributed by atoms with Gasteiger partial charge in [-0.25, -0.2) is 0 Å². The van der Waals surface area contributed by atoms with Crippen molar-refractivity contribution in [2.75, 3.05) is 0 Å². The highest BCUT2D eigenvalue weighted by Gasteiger charge is 2.20. The van der Waals surface area contributed by atoms with Crippen molar-refractivity contribution in [1.29, 1.82) is 0 Å². The predicted molar refractivity (Wildman–Crippen MR) is 75.4 cm³/mol. The second kappa shape index (κ2) is 6.76. The first-order chi connectivity index (χ1) is 8.45. The van der Waals surface area contributed by atoms with Crippen molar-refractivity contribution >= 4 is 17.5 Å². The minimum Gasteiger partial charge on any atom is -0.349 e. The molecule has 1 aromatic rings. The highest BCUT2D eigenvalue weighted by atomic mass is 35.5. The van der Waals surface area contributed by atoms with E-state index in [9.17, 15) is 4.79 Å². The summed E-state index contributed by atoms with van der Waals surface area (Å²) in [5.41, 5.74) is 6.76. The van der Waals surface area contributed by atoms with Crippen LogP contribution in [0, 0.1) is 5.92 Å². The molecule has 0 bridgehead atoms. The zero-order valence-electron chi connectivity index (χ0n) is 11.1. The summed E-state index contributed by atoms with van der Waals surface area (Å²) in [5, 5.41) is 3.69. The van der Waals surface area contributed by atoms with E-state index in [1.165, 1.54) is 0 Å². The molecule has 100 valence electrons. The molecule has 0 saturated heterocycles. The van der Waals surface area contributed by atoms with Crippen molar-refractivity contribution in [3.8, 4) is 0 Å². The summed E-state index contributed by atoms with van der Waals surface area (Å²) in [6.07, 6.45) is 0.817. The lowest BCUT2D eigenvalue weighted by molar-refractivity contribution is -0.125. The molecule has 3 nitrogen and oxygen atoms in total. The third kappa shape index (κ3) is 4.00. The van der Waals surface area contributed by atoms with Crippen molar-refractivity contribution in [3.63, 3.8) is 0 Å². The molecule has 4 heteroatoms. The highest BCUT2D eigenvalue weighted by Crippen LogP contribution is 2.20. The molecule has 1 aromatic carbocycles. The van der Waals surface area contributed by atoms with E-state index >= 15 is 0 Å². The fourth-order valence-electron chi connectivity index (χ4n) is 1.69. The van der Waals surface area contributed by atoms with Gasteiger partial charge in [-0.05, 0) is 31.0 Å². The van der Waals surface area contributed by atoms with Gasteiger partial charge in [0.2, 0.25) is 5.91 Å². The summed E-state index contributed by atoms with van der Waals surface area (Å²) in [6.45, 7) is 5.71. The topological polar surface area (TPSA) is 55.1 Å². The number of carbonyl (C=O) groups excluding carboxylic acids is 1. The highest BCUT2D eigenvalue weighted by molar-refractivity contribution is 6.30. The maximum atomic E-state index is 12.0. The van der Waals surface area contributed by atoms with Crippen LogP contribution in [0.5, 0.6) is 0 Å². The molecule has 0 fully saturated rings. The molecule has 0 saturated carbocycles. The summed E-state index contributed by atoms with van der Waals surface area (Å²) >= 11 is 5.96. The van der Waals surface area contributed by atoms with Crippen molar-refractivity contribution in [2.45, 2.75) is 39.3 Å². The third-order valence-electron chi connectivity index (χ3n) is 3.18. The van der Waals surface area contributed by atoms with E-state index in [2.05, 4.69) is 5.32 Å². The molecule has 0 aliphatic rings. The van der Waals surface area contributed by atoms with Crippen LogP contribution in [0.3, 0.4) is 0 Å². The van der Waals surface area contributed by atoms with Crippen LogP contribution in [0.1, 0.15) is 38.8 Å². The van der Waals surface area contributed by atoms with Gasteiger partial charge in [0, 0.05) is 17.0 Å². The Morgan fingerprint density at radius 2 is 2.11 bits per heavy atom. The van der Waals surface area contributed by atoms with Gasteiger partial charge in [-0.15, -0.1) is 0 Å². The maximum absolute atomic E-state index is 12.0. The number of amides is 1. The van der Waals surface area contributed by atoms with Crippen molar-refractivity contribution < 1.29 is 4.79 Å². The lowest BCUT2D eigenvalue weighted by atomic mass is 10.0. The lowest BCUT2D eigenvalue weighted by Gasteiger charge is -2.22. The SMILES string of the molecule is CCC(NC(=O)C(C)C(C)N)c1cccc(Cl)c1. The zero-order valence-corrected chi connectivity index (χ0v) is 11.9. The van der Waals surface area contributed by atoms with Gasteiger partial charge in [-0.3, -0.25) is 4.79 Å². The fraction of sp³-hybridized carbons (Fsp3) is 0.500. The van der Waals surface area contributed by atoms with Crippen LogP contribution in [0.2, 0.25) is 5.02 Å². The summed E-state index contributed by atoms with van der Waals surface area (Å²) in [5.74, 6) is -0.213. The number of rotatable bonds is 5. The second-order valence-corrected chi connectivity index (χ2v) is 5.11. The number of carbonyl (C=O) groups is 1. The van der Waals surface area contributed by atoms with Gasteiger partial charge in [0.25, 0.3) is 0 Å². The molecule has 0 radical (unpaired) electrons. The average Bonchev–Trinajstić information content (AvgIpc) is 2.34. The van der Waals surface area contributed by atoms with Gasteiger partial charge >= 0.3 is 0 Å². The molecule has 3 N–H and O–H groups in total. The first-order valence-corrected chi connectivity index (χ1v) is 6.65. The standard InChI is InChI=1S/C14H21ClN2O/c1-4-13(11-6-5-7-12(15)8-11)17-14(18)9(2)10(3)16/h5-10,13H,4,16H2,1-3H3,(H,17,18). The van der Waals surface area contributed by atoms with Gasteiger partial charge in [0.15, 0.2) is 0 Å². The molecule has 0 spiro atoms. The summed E-state index contributed by atoms with van der Waals surface area (Å²) in [4.78, 5) is 12.0. The molecular weight excluding hydrogens is 248 g/mol. The molecule has 0 aliphatic carbocycles. The normalized spacial score (nSPS) is 15.8. The largest absolute Gasteiger partial charge is 0.349 e. The van der Waals surface area contributed by atoms with E-state index in [1.807, 2.05) is 45.0 Å². The molecule has 1 amide bonds. The van der Waals surface area contributed by atoms with Gasteiger partial charge in [0.05, 0.1) is 6.04 Å². The second-order valence-electron chi connectivity index (χ2n) is 4.67. The van der Waals surface area contributed by atoms with Crippen LogP contribution in [0.4, 0.5) is 0 Å². The quantitative estimate of drug-likeness (QED) is 0.863. The van der Waals surface area contributed by atoms with Crippen LogP contribution >= 0.6 is 11.6 Å². The summed E-state index contributed by atoms with van der Waals surface area (Å²) in [6, 6.07) is 7.40. The van der Waals surface area contributed by atoms with Crippen LogP contribution in [-0.4, -0.2) is 11.9 Å². The molecule has 0 aliphatic heterocycles. The molecule has 18 heavy (non-hydrogen) atoms. The maximum Gasteiger partial charge on any atom is 0.224 e. The Kier molecular flexibility index (Phi) is 5.63. The predicted octanol–water partition coefficient (Wildman–Crippen LogP) is 2.89. The van der Waals surface area contributed by atoms with Gasteiger partial charge < -0.3 is 11.1 Å². The van der Waals surface area contributed by atoms with E-state index in [4.69, 9.17) is 17.3 Å².